The number of aromatic nitrogens is 1. The molecule has 1 atom stereocenters. The Morgan fingerprint density at radius 1 is 0.966 bits per heavy atom. The molecular weight excluding hydrogens is 360 g/mol. The second kappa shape index (κ2) is 7.13. The Morgan fingerprint density at radius 2 is 1.76 bits per heavy atom. The molecule has 1 aliphatic rings. The maximum atomic E-state index is 12.7. The minimum Gasteiger partial charge on any atom is -0.496 e. The molecule has 1 unspecified atom stereocenters. The molecule has 3 aromatic carbocycles. The van der Waals surface area contributed by atoms with Crippen LogP contribution in [0.4, 0.5) is 5.69 Å². The first-order chi connectivity index (χ1) is 14.2. The van der Waals surface area contributed by atoms with Gasteiger partial charge in [-0.05, 0) is 29.3 Å². The van der Waals surface area contributed by atoms with Gasteiger partial charge in [-0.1, -0.05) is 54.6 Å². The third-order valence-corrected chi connectivity index (χ3v) is 5.68. The van der Waals surface area contributed by atoms with Crippen LogP contribution in [0.5, 0.6) is 5.75 Å². The van der Waals surface area contributed by atoms with Crippen LogP contribution in [-0.2, 0) is 11.3 Å². The maximum Gasteiger partial charge on any atom is 0.225 e. The van der Waals surface area contributed by atoms with Crippen molar-refractivity contribution in [3.63, 3.8) is 0 Å². The van der Waals surface area contributed by atoms with E-state index in [0.29, 0.717) is 6.42 Å². The maximum absolute atomic E-state index is 12.7. The van der Waals surface area contributed by atoms with E-state index >= 15 is 0 Å². The van der Waals surface area contributed by atoms with Crippen molar-refractivity contribution >= 4 is 22.5 Å². The van der Waals surface area contributed by atoms with E-state index in [2.05, 4.69) is 52.5 Å². The van der Waals surface area contributed by atoms with E-state index in [9.17, 15) is 4.79 Å². The van der Waals surface area contributed by atoms with Crippen LogP contribution in [0.25, 0.3) is 10.9 Å². The van der Waals surface area contributed by atoms with Gasteiger partial charge in [0.25, 0.3) is 0 Å². The molecule has 0 saturated carbocycles. The second-order valence-corrected chi connectivity index (χ2v) is 7.44. The van der Waals surface area contributed by atoms with E-state index < -0.39 is 0 Å². The van der Waals surface area contributed by atoms with Crippen molar-refractivity contribution in [3.8, 4) is 5.75 Å². The van der Waals surface area contributed by atoms with Gasteiger partial charge < -0.3 is 14.6 Å². The lowest BCUT2D eigenvalue weighted by Gasteiger charge is -2.17. The molecule has 0 radical (unpaired) electrons. The minimum atomic E-state index is -0.0608. The largest absolute Gasteiger partial charge is 0.496 e. The van der Waals surface area contributed by atoms with Crippen LogP contribution in [0.15, 0.2) is 79.0 Å². The van der Waals surface area contributed by atoms with Gasteiger partial charge in [0.2, 0.25) is 5.91 Å². The number of para-hydroxylation sites is 1. The van der Waals surface area contributed by atoms with E-state index in [4.69, 9.17) is 4.74 Å². The van der Waals surface area contributed by atoms with Gasteiger partial charge in [-0.2, -0.15) is 0 Å². The summed E-state index contributed by atoms with van der Waals surface area (Å²) < 4.78 is 7.90. The monoisotopic (exact) mass is 382 g/mol. The molecule has 0 spiro atoms. The van der Waals surface area contributed by atoms with Crippen LogP contribution in [-0.4, -0.2) is 17.6 Å². The summed E-state index contributed by atoms with van der Waals surface area (Å²) >= 11 is 0. The number of hydrogen-bond donors (Lipinski definition) is 1. The van der Waals surface area contributed by atoms with Crippen LogP contribution in [0.1, 0.15) is 29.0 Å². The number of hydrogen-bond acceptors (Lipinski definition) is 2. The first kappa shape index (κ1) is 17.6. The molecule has 4 nitrogen and oxygen atoms in total. The van der Waals surface area contributed by atoms with E-state index in [-0.39, 0.29) is 11.8 Å². The lowest BCUT2D eigenvalue weighted by molar-refractivity contribution is -0.116. The topological polar surface area (TPSA) is 43.3 Å². The average Bonchev–Trinajstić information content (AvgIpc) is 3.04. The third kappa shape index (κ3) is 3.07. The van der Waals surface area contributed by atoms with Crippen molar-refractivity contribution in [3.05, 3.63) is 95.7 Å². The fraction of sp³-hybridized carbons (Fsp3) is 0.160. The standard InChI is InChI=1S/C25H22N2O2/c1-29-23-13-6-5-10-18(23)19-14-24(28)26-21-11-7-12-22-25(21)20(19)16-27(22)15-17-8-3-2-4-9-17/h2-13,16,19H,14-15H2,1H3,(H,26,28). The molecule has 0 bridgehead atoms. The number of nitrogens with zero attached hydrogens (tertiary/aromatic N) is 1. The predicted molar refractivity (Wildman–Crippen MR) is 116 cm³/mol. The highest BCUT2D eigenvalue weighted by molar-refractivity contribution is 6.06. The number of benzene rings is 3. The molecule has 4 aromatic rings. The molecule has 1 aromatic heterocycles. The van der Waals surface area contributed by atoms with Crippen LogP contribution in [0.3, 0.4) is 0 Å². The number of methoxy groups -OCH3 is 1. The molecule has 1 aliphatic heterocycles. The molecule has 5 rings (SSSR count). The van der Waals surface area contributed by atoms with Crippen LogP contribution in [0.2, 0.25) is 0 Å². The minimum absolute atomic E-state index is 0.0271. The third-order valence-electron chi connectivity index (χ3n) is 5.68. The average molecular weight is 382 g/mol. The highest BCUT2D eigenvalue weighted by Gasteiger charge is 2.29. The fourth-order valence-corrected chi connectivity index (χ4v) is 4.39. The summed E-state index contributed by atoms with van der Waals surface area (Å²) in [6, 6.07) is 24.5. The normalized spacial score (nSPS) is 15.8. The number of ether oxygens (including phenoxy) is 1. The lowest BCUT2D eigenvalue weighted by Crippen LogP contribution is -2.14. The molecule has 144 valence electrons. The summed E-state index contributed by atoms with van der Waals surface area (Å²) in [5, 5.41) is 4.22. The van der Waals surface area contributed by atoms with E-state index in [0.717, 1.165) is 40.0 Å². The van der Waals surface area contributed by atoms with Crippen molar-refractivity contribution < 1.29 is 9.53 Å². The van der Waals surface area contributed by atoms with Gasteiger partial charge in [0.05, 0.1) is 18.3 Å². The van der Waals surface area contributed by atoms with E-state index in [1.807, 2.05) is 36.4 Å². The quantitative estimate of drug-likeness (QED) is 0.529. The van der Waals surface area contributed by atoms with Crippen molar-refractivity contribution in [2.24, 2.45) is 0 Å². The van der Waals surface area contributed by atoms with E-state index in [1.54, 1.807) is 7.11 Å². The van der Waals surface area contributed by atoms with Crippen molar-refractivity contribution in [1.82, 2.24) is 4.57 Å². The molecule has 1 N–H and O–H groups in total. The molecule has 2 heterocycles. The Balaban J connectivity index is 1.72. The van der Waals surface area contributed by atoms with Gasteiger partial charge in [0.15, 0.2) is 0 Å². The van der Waals surface area contributed by atoms with Gasteiger partial charge in [0.1, 0.15) is 5.75 Å². The van der Waals surface area contributed by atoms with Gasteiger partial charge >= 0.3 is 0 Å². The SMILES string of the molecule is COc1ccccc1C1CC(=O)Nc2cccc3c2c1cn3Cc1ccccc1. The Kier molecular flexibility index (Phi) is 4.32. The Morgan fingerprint density at radius 3 is 2.59 bits per heavy atom. The summed E-state index contributed by atoms with van der Waals surface area (Å²) in [7, 11) is 1.68. The van der Waals surface area contributed by atoms with Crippen LogP contribution < -0.4 is 10.1 Å². The first-order valence-electron chi connectivity index (χ1n) is 9.83. The van der Waals surface area contributed by atoms with Gasteiger partial charge in [-0.3, -0.25) is 4.79 Å². The lowest BCUT2D eigenvalue weighted by atomic mass is 9.88. The van der Waals surface area contributed by atoms with Crippen molar-refractivity contribution in [2.75, 3.05) is 12.4 Å². The van der Waals surface area contributed by atoms with Crippen LogP contribution >= 0.6 is 0 Å². The van der Waals surface area contributed by atoms with Crippen molar-refractivity contribution in [1.29, 1.82) is 0 Å². The number of carbonyl (C=O) groups excluding carboxylic acids is 1. The molecule has 4 heteroatoms. The molecule has 0 aliphatic carbocycles. The first-order valence-corrected chi connectivity index (χ1v) is 9.83. The predicted octanol–water partition coefficient (Wildman–Crippen LogP) is 5.17. The van der Waals surface area contributed by atoms with Gasteiger partial charge in [-0.15, -0.1) is 0 Å². The molecule has 0 fully saturated rings. The molecule has 0 saturated heterocycles. The summed E-state index contributed by atoms with van der Waals surface area (Å²) in [4.78, 5) is 12.7. The number of nitrogens with one attached hydrogen (secondary N) is 1. The number of amides is 1. The smallest absolute Gasteiger partial charge is 0.225 e. The zero-order valence-electron chi connectivity index (χ0n) is 16.3. The van der Waals surface area contributed by atoms with E-state index in [1.165, 1.54) is 5.56 Å². The Bertz CT molecular complexity index is 1190. The summed E-state index contributed by atoms with van der Waals surface area (Å²) in [6.45, 7) is 0.785. The fourth-order valence-electron chi connectivity index (χ4n) is 4.39. The highest BCUT2D eigenvalue weighted by Crippen LogP contribution is 2.43. The summed E-state index contributed by atoms with van der Waals surface area (Å²) in [5.74, 6) is 0.780. The van der Waals surface area contributed by atoms with Crippen LogP contribution in [0, 0.1) is 0 Å². The van der Waals surface area contributed by atoms with Gasteiger partial charge in [0, 0.05) is 36.0 Å². The molecule has 1 amide bonds. The number of carbonyl (C=O) groups is 1. The summed E-state index contributed by atoms with van der Waals surface area (Å²) in [5.41, 5.74) is 5.46. The zero-order chi connectivity index (χ0) is 19.8. The summed E-state index contributed by atoms with van der Waals surface area (Å²) in [6.07, 6.45) is 2.60. The molecular formula is C25H22N2O2. The Hall–Kier alpha value is -3.53. The number of anilines is 1. The highest BCUT2D eigenvalue weighted by atomic mass is 16.5. The number of rotatable bonds is 4. The second-order valence-electron chi connectivity index (χ2n) is 7.44. The van der Waals surface area contributed by atoms with Gasteiger partial charge in [-0.25, -0.2) is 0 Å². The van der Waals surface area contributed by atoms with Crippen molar-refractivity contribution in [2.45, 2.75) is 18.9 Å². The zero-order valence-corrected chi connectivity index (χ0v) is 16.3. The Labute approximate surface area is 169 Å². The molecule has 29 heavy (non-hydrogen) atoms.